The molecule has 1 unspecified atom stereocenters. The van der Waals surface area contributed by atoms with Gasteiger partial charge in [-0.25, -0.2) is 0 Å². The quantitative estimate of drug-likeness (QED) is 0.500. The summed E-state index contributed by atoms with van der Waals surface area (Å²) in [7, 11) is 0. The second-order valence-electron chi connectivity index (χ2n) is 6.35. The first kappa shape index (κ1) is 17.5. The third-order valence-corrected chi connectivity index (χ3v) is 4.91. The molecule has 3 heteroatoms. The minimum atomic E-state index is -1.39. The van der Waals surface area contributed by atoms with Crippen LogP contribution in [0.4, 0.5) is 0 Å². The number of aromatic nitrogens is 1. The van der Waals surface area contributed by atoms with Gasteiger partial charge in [0, 0.05) is 16.8 Å². The molecule has 0 bridgehead atoms. The first-order chi connectivity index (χ1) is 13.2. The van der Waals surface area contributed by atoms with Crippen LogP contribution in [-0.2, 0) is 5.60 Å². The van der Waals surface area contributed by atoms with E-state index in [1.165, 1.54) is 0 Å². The molecule has 1 heterocycles. The zero-order valence-corrected chi connectivity index (χ0v) is 15.3. The van der Waals surface area contributed by atoms with Gasteiger partial charge in [0.05, 0.1) is 5.69 Å². The zero-order chi connectivity index (χ0) is 18.7. The summed E-state index contributed by atoms with van der Waals surface area (Å²) in [6.45, 7) is 0. The molecule has 4 aromatic rings. The van der Waals surface area contributed by atoms with Crippen LogP contribution >= 0.6 is 11.6 Å². The molecule has 4 rings (SSSR count). The van der Waals surface area contributed by atoms with Gasteiger partial charge in [0.1, 0.15) is 0 Å². The predicted molar refractivity (Wildman–Crippen MR) is 110 cm³/mol. The van der Waals surface area contributed by atoms with Crippen LogP contribution in [0.3, 0.4) is 0 Å². The summed E-state index contributed by atoms with van der Waals surface area (Å²) in [6.07, 6.45) is 1.70. The van der Waals surface area contributed by atoms with Gasteiger partial charge < -0.3 is 5.11 Å². The molecule has 0 fully saturated rings. The van der Waals surface area contributed by atoms with Crippen molar-refractivity contribution in [2.75, 3.05) is 0 Å². The fourth-order valence-corrected chi connectivity index (χ4v) is 3.59. The molecule has 1 aromatic heterocycles. The van der Waals surface area contributed by atoms with Crippen molar-refractivity contribution in [3.05, 3.63) is 125 Å². The lowest BCUT2D eigenvalue weighted by molar-refractivity contribution is 0.121. The zero-order valence-electron chi connectivity index (χ0n) is 14.6. The molecular formula is C24H18ClNO. The summed E-state index contributed by atoms with van der Waals surface area (Å²) in [5.41, 5.74) is 2.57. The Morgan fingerprint density at radius 1 is 0.741 bits per heavy atom. The monoisotopic (exact) mass is 371 g/mol. The number of nitrogens with zero attached hydrogens (tertiary/aromatic N) is 1. The molecule has 0 spiro atoms. The lowest BCUT2D eigenvalue weighted by Gasteiger charge is -2.31. The van der Waals surface area contributed by atoms with E-state index in [9.17, 15) is 5.11 Å². The average Bonchev–Trinajstić information content (AvgIpc) is 2.74. The number of hydrogen-bond acceptors (Lipinski definition) is 2. The fourth-order valence-electron chi connectivity index (χ4n) is 3.40. The van der Waals surface area contributed by atoms with Gasteiger partial charge in [0.25, 0.3) is 0 Å². The summed E-state index contributed by atoms with van der Waals surface area (Å²) >= 11 is 6.22. The summed E-state index contributed by atoms with van der Waals surface area (Å²) in [6, 6.07) is 30.7. The SMILES string of the molecule is OC(c1ccccc1)(c1ccccn1)c1ccccc1-c1cccc(Cl)c1. The van der Waals surface area contributed by atoms with Gasteiger partial charge in [0.15, 0.2) is 5.60 Å². The Bertz CT molecular complexity index is 1010. The van der Waals surface area contributed by atoms with E-state index < -0.39 is 5.60 Å². The maximum Gasteiger partial charge on any atom is 0.157 e. The number of halogens is 1. The van der Waals surface area contributed by atoms with Gasteiger partial charge in [-0.1, -0.05) is 84.4 Å². The Labute approximate surface area is 163 Å². The van der Waals surface area contributed by atoms with E-state index >= 15 is 0 Å². The summed E-state index contributed by atoms with van der Waals surface area (Å²) < 4.78 is 0. The second kappa shape index (κ2) is 7.36. The molecular weight excluding hydrogens is 354 g/mol. The molecule has 0 saturated carbocycles. The maximum atomic E-state index is 12.0. The van der Waals surface area contributed by atoms with Crippen molar-refractivity contribution in [2.24, 2.45) is 0 Å². The molecule has 3 aromatic carbocycles. The van der Waals surface area contributed by atoms with Crippen molar-refractivity contribution < 1.29 is 5.11 Å². The molecule has 0 aliphatic heterocycles. The highest BCUT2D eigenvalue weighted by Crippen LogP contribution is 2.40. The van der Waals surface area contributed by atoms with Crippen LogP contribution in [0, 0.1) is 0 Å². The van der Waals surface area contributed by atoms with E-state index in [0.717, 1.165) is 22.3 Å². The highest BCUT2D eigenvalue weighted by molar-refractivity contribution is 6.30. The Morgan fingerprint density at radius 2 is 1.48 bits per heavy atom. The molecule has 2 nitrogen and oxygen atoms in total. The number of pyridine rings is 1. The largest absolute Gasteiger partial charge is 0.374 e. The maximum absolute atomic E-state index is 12.0. The minimum Gasteiger partial charge on any atom is -0.374 e. The van der Waals surface area contributed by atoms with Crippen LogP contribution in [0.2, 0.25) is 5.02 Å². The van der Waals surface area contributed by atoms with Gasteiger partial charge in [-0.15, -0.1) is 0 Å². The van der Waals surface area contributed by atoms with Crippen molar-refractivity contribution >= 4 is 11.6 Å². The van der Waals surface area contributed by atoms with Crippen LogP contribution in [0.1, 0.15) is 16.8 Å². The van der Waals surface area contributed by atoms with E-state index in [1.807, 2.05) is 97.1 Å². The Hall–Kier alpha value is -2.94. The lowest BCUT2D eigenvalue weighted by atomic mass is 9.79. The van der Waals surface area contributed by atoms with Crippen LogP contribution in [-0.4, -0.2) is 10.1 Å². The molecule has 0 saturated heterocycles. The molecule has 132 valence electrons. The highest BCUT2D eigenvalue weighted by atomic mass is 35.5. The van der Waals surface area contributed by atoms with Crippen LogP contribution in [0.5, 0.6) is 0 Å². The third kappa shape index (κ3) is 3.25. The van der Waals surface area contributed by atoms with Crippen LogP contribution in [0.15, 0.2) is 103 Å². The van der Waals surface area contributed by atoms with Gasteiger partial charge in [-0.2, -0.15) is 0 Å². The van der Waals surface area contributed by atoms with Gasteiger partial charge in [-0.3, -0.25) is 4.98 Å². The topological polar surface area (TPSA) is 33.1 Å². The van der Waals surface area contributed by atoms with E-state index in [4.69, 9.17) is 11.6 Å². The van der Waals surface area contributed by atoms with Crippen molar-refractivity contribution in [1.82, 2.24) is 4.98 Å². The van der Waals surface area contributed by atoms with Crippen molar-refractivity contribution in [3.63, 3.8) is 0 Å². The summed E-state index contributed by atoms with van der Waals surface area (Å²) in [5, 5.41) is 12.7. The summed E-state index contributed by atoms with van der Waals surface area (Å²) in [4.78, 5) is 4.48. The minimum absolute atomic E-state index is 0.575. The highest BCUT2D eigenvalue weighted by Gasteiger charge is 2.37. The van der Waals surface area contributed by atoms with Crippen molar-refractivity contribution in [3.8, 4) is 11.1 Å². The smallest absolute Gasteiger partial charge is 0.157 e. The van der Waals surface area contributed by atoms with Crippen molar-refractivity contribution in [2.45, 2.75) is 5.60 Å². The number of aliphatic hydroxyl groups is 1. The Balaban J connectivity index is 2.01. The van der Waals surface area contributed by atoms with Gasteiger partial charge in [-0.05, 0) is 41.0 Å². The number of rotatable bonds is 4. The lowest BCUT2D eigenvalue weighted by Crippen LogP contribution is -2.30. The standard InChI is InChI=1S/C24H18ClNO/c25-20-12-8-9-18(17-20)21-13-4-5-14-22(21)24(27,19-10-2-1-3-11-19)23-15-6-7-16-26-23/h1-17,27H. The predicted octanol–water partition coefficient (Wildman–Crippen LogP) is 5.69. The fraction of sp³-hybridized carbons (Fsp3) is 0.0417. The molecule has 1 N–H and O–H groups in total. The number of benzene rings is 3. The first-order valence-electron chi connectivity index (χ1n) is 8.74. The van der Waals surface area contributed by atoms with E-state index in [1.54, 1.807) is 6.20 Å². The Kier molecular flexibility index (Phi) is 4.76. The normalized spacial score (nSPS) is 13.1. The van der Waals surface area contributed by atoms with Crippen LogP contribution in [0.25, 0.3) is 11.1 Å². The second-order valence-corrected chi connectivity index (χ2v) is 6.78. The van der Waals surface area contributed by atoms with Gasteiger partial charge in [0.2, 0.25) is 0 Å². The van der Waals surface area contributed by atoms with Crippen molar-refractivity contribution in [1.29, 1.82) is 0 Å². The first-order valence-corrected chi connectivity index (χ1v) is 9.12. The van der Waals surface area contributed by atoms with E-state index in [-0.39, 0.29) is 0 Å². The van der Waals surface area contributed by atoms with E-state index in [0.29, 0.717) is 10.7 Å². The Morgan fingerprint density at radius 3 is 2.22 bits per heavy atom. The van der Waals surface area contributed by atoms with E-state index in [2.05, 4.69) is 4.98 Å². The molecule has 1 atom stereocenters. The molecule has 0 amide bonds. The summed E-state index contributed by atoms with van der Waals surface area (Å²) in [5.74, 6) is 0. The molecule has 0 radical (unpaired) electrons. The van der Waals surface area contributed by atoms with Crippen LogP contribution < -0.4 is 0 Å². The average molecular weight is 372 g/mol. The molecule has 0 aliphatic carbocycles. The molecule has 0 aliphatic rings. The molecule has 27 heavy (non-hydrogen) atoms. The van der Waals surface area contributed by atoms with Gasteiger partial charge >= 0.3 is 0 Å². The third-order valence-electron chi connectivity index (χ3n) is 4.68. The number of hydrogen-bond donors (Lipinski definition) is 1.